The first-order valence-electron chi connectivity index (χ1n) is 5.44. The molecule has 0 aliphatic heterocycles. The van der Waals surface area contributed by atoms with Gasteiger partial charge in [0.1, 0.15) is 6.04 Å². The molecule has 1 atom stereocenters. The third-order valence-corrected chi connectivity index (χ3v) is 2.38. The van der Waals surface area contributed by atoms with Gasteiger partial charge in [-0.25, -0.2) is 0 Å². The first-order valence-corrected chi connectivity index (χ1v) is 5.44. The van der Waals surface area contributed by atoms with Crippen LogP contribution in [0.2, 0.25) is 0 Å². The van der Waals surface area contributed by atoms with E-state index < -0.39 is 6.04 Å². The minimum atomic E-state index is -0.448. The molecule has 90 valence electrons. The van der Waals surface area contributed by atoms with E-state index in [0.29, 0.717) is 5.92 Å². The molecule has 16 heavy (non-hydrogen) atoms. The molecule has 0 fully saturated rings. The quantitative estimate of drug-likeness (QED) is 0.765. The number of amides is 1. The molecule has 1 unspecified atom stereocenters. The predicted molar refractivity (Wildman–Crippen MR) is 62.7 cm³/mol. The number of aromatic nitrogens is 2. The van der Waals surface area contributed by atoms with Crippen LogP contribution < -0.4 is 11.1 Å². The smallest absolute Gasteiger partial charge is 0.239 e. The maximum absolute atomic E-state index is 11.4. The van der Waals surface area contributed by atoms with Gasteiger partial charge in [-0.1, -0.05) is 13.8 Å². The highest BCUT2D eigenvalue weighted by Gasteiger charge is 2.21. The van der Waals surface area contributed by atoms with Crippen molar-refractivity contribution < 1.29 is 4.79 Å². The maximum atomic E-state index is 11.4. The van der Waals surface area contributed by atoms with Gasteiger partial charge in [0.25, 0.3) is 0 Å². The Balaban J connectivity index is 2.85. The second-order valence-electron chi connectivity index (χ2n) is 4.48. The number of aryl methyl sites for hydroxylation is 2. The van der Waals surface area contributed by atoms with Gasteiger partial charge in [-0.3, -0.25) is 9.48 Å². The highest BCUT2D eigenvalue weighted by molar-refractivity contribution is 5.81. The standard InChI is InChI=1S/C11H20N4O/c1-7(2)5-13-10(11(12)16)9-6-15(4)14-8(9)3/h6-7,10,13H,5H2,1-4H3,(H2,12,16). The van der Waals surface area contributed by atoms with Crippen LogP contribution >= 0.6 is 0 Å². The zero-order valence-corrected chi connectivity index (χ0v) is 10.3. The van der Waals surface area contributed by atoms with Crippen LogP contribution in [-0.2, 0) is 11.8 Å². The molecule has 0 aromatic carbocycles. The molecule has 0 aliphatic rings. The van der Waals surface area contributed by atoms with E-state index in [9.17, 15) is 4.79 Å². The van der Waals surface area contributed by atoms with Crippen LogP contribution in [0, 0.1) is 12.8 Å². The summed E-state index contributed by atoms with van der Waals surface area (Å²) in [5.74, 6) is 0.107. The second-order valence-corrected chi connectivity index (χ2v) is 4.48. The van der Waals surface area contributed by atoms with E-state index in [2.05, 4.69) is 24.3 Å². The monoisotopic (exact) mass is 224 g/mol. The van der Waals surface area contributed by atoms with E-state index in [0.717, 1.165) is 17.8 Å². The maximum Gasteiger partial charge on any atom is 0.239 e. The summed E-state index contributed by atoms with van der Waals surface area (Å²) in [7, 11) is 1.83. The van der Waals surface area contributed by atoms with Crippen molar-refractivity contribution >= 4 is 5.91 Å². The van der Waals surface area contributed by atoms with Gasteiger partial charge in [-0.15, -0.1) is 0 Å². The van der Waals surface area contributed by atoms with Crippen LogP contribution in [0.5, 0.6) is 0 Å². The van der Waals surface area contributed by atoms with Crippen LogP contribution in [-0.4, -0.2) is 22.2 Å². The average molecular weight is 224 g/mol. The van der Waals surface area contributed by atoms with Crippen LogP contribution in [0.15, 0.2) is 6.20 Å². The Kier molecular flexibility index (Phi) is 4.06. The number of primary amides is 1. The van der Waals surface area contributed by atoms with Gasteiger partial charge in [-0.05, 0) is 19.4 Å². The number of carbonyl (C=O) groups is 1. The predicted octanol–water partition coefficient (Wildman–Crippen LogP) is 0.501. The lowest BCUT2D eigenvalue weighted by Gasteiger charge is -2.16. The van der Waals surface area contributed by atoms with E-state index >= 15 is 0 Å². The summed E-state index contributed by atoms with van der Waals surface area (Å²) in [5.41, 5.74) is 7.09. The van der Waals surface area contributed by atoms with E-state index in [-0.39, 0.29) is 5.91 Å². The van der Waals surface area contributed by atoms with Gasteiger partial charge >= 0.3 is 0 Å². The number of nitrogens with one attached hydrogen (secondary N) is 1. The number of rotatable bonds is 5. The van der Waals surface area contributed by atoms with Gasteiger partial charge in [0.05, 0.1) is 5.69 Å². The minimum Gasteiger partial charge on any atom is -0.368 e. The van der Waals surface area contributed by atoms with E-state index in [1.807, 2.05) is 20.2 Å². The lowest BCUT2D eigenvalue weighted by Crippen LogP contribution is -2.35. The fourth-order valence-corrected chi connectivity index (χ4v) is 1.62. The summed E-state index contributed by atoms with van der Waals surface area (Å²) in [6, 6.07) is -0.448. The lowest BCUT2D eigenvalue weighted by molar-refractivity contribution is -0.120. The lowest BCUT2D eigenvalue weighted by atomic mass is 10.1. The fraction of sp³-hybridized carbons (Fsp3) is 0.636. The van der Waals surface area contributed by atoms with Crippen LogP contribution in [0.3, 0.4) is 0 Å². The Morgan fingerprint density at radius 2 is 2.25 bits per heavy atom. The Morgan fingerprint density at radius 3 is 2.62 bits per heavy atom. The first-order chi connectivity index (χ1) is 7.41. The first kappa shape index (κ1) is 12.7. The highest BCUT2D eigenvalue weighted by Crippen LogP contribution is 2.16. The number of nitrogens with zero attached hydrogens (tertiary/aromatic N) is 2. The van der Waals surface area contributed by atoms with Crippen LogP contribution in [0.1, 0.15) is 31.1 Å². The Bertz CT molecular complexity index is 370. The molecular weight excluding hydrogens is 204 g/mol. The molecule has 0 bridgehead atoms. The summed E-state index contributed by atoms with van der Waals surface area (Å²) in [4.78, 5) is 11.4. The van der Waals surface area contributed by atoms with Crippen molar-refractivity contribution in [3.63, 3.8) is 0 Å². The molecule has 0 saturated carbocycles. The van der Waals surface area contributed by atoms with Crippen molar-refractivity contribution in [3.05, 3.63) is 17.5 Å². The Morgan fingerprint density at radius 1 is 1.62 bits per heavy atom. The van der Waals surface area contributed by atoms with Crippen molar-refractivity contribution in [2.75, 3.05) is 6.54 Å². The number of hydrogen-bond donors (Lipinski definition) is 2. The van der Waals surface area contributed by atoms with E-state index in [1.165, 1.54) is 0 Å². The van der Waals surface area contributed by atoms with Crippen molar-refractivity contribution in [1.82, 2.24) is 15.1 Å². The molecule has 5 heteroatoms. The van der Waals surface area contributed by atoms with Crippen molar-refractivity contribution in [2.24, 2.45) is 18.7 Å². The normalized spacial score (nSPS) is 13.1. The minimum absolute atomic E-state index is 0.364. The molecule has 1 aromatic heterocycles. The molecule has 1 amide bonds. The van der Waals surface area contributed by atoms with Gasteiger partial charge in [-0.2, -0.15) is 5.10 Å². The summed E-state index contributed by atoms with van der Waals surface area (Å²) >= 11 is 0. The number of carbonyl (C=O) groups excluding carboxylic acids is 1. The molecule has 1 aromatic rings. The topological polar surface area (TPSA) is 72.9 Å². The highest BCUT2D eigenvalue weighted by atomic mass is 16.1. The van der Waals surface area contributed by atoms with E-state index in [4.69, 9.17) is 5.73 Å². The second kappa shape index (κ2) is 5.12. The van der Waals surface area contributed by atoms with Crippen molar-refractivity contribution in [2.45, 2.75) is 26.8 Å². The third-order valence-electron chi connectivity index (χ3n) is 2.38. The van der Waals surface area contributed by atoms with Crippen LogP contribution in [0.25, 0.3) is 0 Å². The Labute approximate surface area is 96.0 Å². The molecule has 0 spiro atoms. The average Bonchev–Trinajstić information content (AvgIpc) is 2.45. The zero-order valence-electron chi connectivity index (χ0n) is 10.3. The zero-order chi connectivity index (χ0) is 12.3. The summed E-state index contributed by atoms with van der Waals surface area (Å²) < 4.78 is 1.69. The van der Waals surface area contributed by atoms with Crippen LogP contribution in [0.4, 0.5) is 0 Å². The summed E-state index contributed by atoms with van der Waals surface area (Å²) in [6.07, 6.45) is 1.83. The molecule has 3 N–H and O–H groups in total. The number of nitrogens with two attached hydrogens (primary N) is 1. The third kappa shape index (κ3) is 3.06. The van der Waals surface area contributed by atoms with Crippen molar-refractivity contribution in [1.29, 1.82) is 0 Å². The molecule has 1 heterocycles. The van der Waals surface area contributed by atoms with Gasteiger partial charge in [0.2, 0.25) is 5.91 Å². The van der Waals surface area contributed by atoms with Gasteiger partial charge in [0.15, 0.2) is 0 Å². The molecular formula is C11H20N4O. The largest absolute Gasteiger partial charge is 0.368 e. The Hall–Kier alpha value is -1.36. The van der Waals surface area contributed by atoms with Gasteiger partial charge in [0, 0.05) is 18.8 Å². The number of hydrogen-bond acceptors (Lipinski definition) is 3. The molecule has 1 rings (SSSR count). The summed E-state index contributed by atoms with van der Waals surface area (Å²) in [6.45, 7) is 6.80. The van der Waals surface area contributed by atoms with Gasteiger partial charge < -0.3 is 11.1 Å². The fourth-order valence-electron chi connectivity index (χ4n) is 1.62. The molecule has 0 aliphatic carbocycles. The molecule has 5 nitrogen and oxygen atoms in total. The van der Waals surface area contributed by atoms with E-state index in [1.54, 1.807) is 4.68 Å². The molecule has 0 saturated heterocycles. The van der Waals surface area contributed by atoms with Crippen molar-refractivity contribution in [3.8, 4) is 0 Å². The summed E-state index contributed by atoms with van der Waals surface area (Å²) in [5, 5.41) is 7.37. The SMILES string of the molecule is Cc1nn(C)cc1C(NCC(C)C)C(N)=O. The molecule has 0 radical (unpaired) electrons.